The minimum absolute atomic E-state index is 0.162. The van der Waals surface area contributed by atoms with E-state index in [1.807, 2.05) is 24.3 Å². The average Bonchev–Trinajstić information content (AvgIpc) is 3.26. The molecule has 8 heteroatoms. The number of rotatable bonds is 2. The van der Waals surface area contributed by atoms with E-state index >= 15 is 0 Å². The summed E-state index contributed by atoms with van der Waals surface area (Å²) in [6.07, 6.45) is 0. The van der Waals surface area contributed by atoms with E-state index in [0.717, 1.165) is 10.1 Å². The molecule has 0 unspecified atom stereocenters. The Kier molecular flexibility index (Phi) is 3.87. The number of amides is 3. The topological polar surface area (TPSA) is 88.7 Å². The second-order valence-electron chi connectivity index (χ2n) is 5.25. The monoisotopic (exact) mass is 355 g/mol. The van der Waals surface area contributed by atoms with E-state index in [-0.39, 0.29) is 12.7 Å². The molecule has 3 aromatic rings. The first-order valence-corrected chi connectivity index (χ1v) is 8.32. The number of nitrogens with one attached hydrogen (secondary N) is 3. The Morgan fingerprint density at radius 1 is 1.00 bits per heavy atom. The van der Waals surface area contributed by atoms with E-state index in [0.29, 0.717) is 22.7 Å². The summed E-state index contributed by atoms with van der Waals surface area (Å²) in [5, 5.41) is 5.22. The van der Waals surface area contributed by atoms with Gasteiger partial charge in [-0.2, -0.15) is 0 Å². The summed E-state index contributed by atoms with van der Waals surface area (Å²) in [6, 6.07) is 12.1. The maximum absolute atomic E-state index is 12.2. The third-order valence-electron chi connectivity index (χ3n) is 3.65. The Morgan fingerprint density at radius 3 is 2.76 bits per heavy atom. The lowest BCUT2D eigenvalue weighted by Crippen LogP contribution is -2.43. The van der Waals surface area contributed by atoms with Crippen LogP contribution < -0.4 is 25.6 Å². The highest BCUT2D eigenvalue weighted by Gasteiger charge is 2.15. The molecule has 0 aliphatic carbocycles. The number of urea groups is 1. The largest absolute Gasteiger partial charge is 0.454 e. The first kappa shape index (κ1) is 15.3. The number of carbonyl (C=O) groups is 2. The predicted molar refractivity (Wildman–Crippen MR) is 94.0 cm³/mol. The van der Waals surface area contributed by atoms with E-state index in [4.69, 9.17) is 9.47 Å². The first-order chi connectivity index (χ1) is 12.2. The molecule has 0 saturated heterocycles. The van der Waals surface area contributed by atoms with Crippen LogP contribution in [0.25, 0.3) is 10.1 Å². The van der Waals surface area contributed by atoms with Gasteiger partial charge in [0, 0.05) is 27.2 Å². The maximum atomic E-state index is 12.2. The van der Waals surface area contributed by atoms with Gasteiger partial charge in [0.25, 0.3) is 5.91 Å². The van der Waals surface area contributed by atoms with Crippen LogP contribution in [0.15, 0.2) is 47.8 Å². The Balaban J connectivity index is 1.37. The third-order valence-corrected chi connectivity index (χ3v) is 4.61. The Bertz CT molecular complexity index is 969. The number of hydrogen-bond donors (Lipinski definition) is 3. The van der Waals surface area contributed by atoms with E-state index < -0.39 is 6.03 Å². The highest BCUT2D eigenvalue weighted by molar-refractivity contribution is 7.17. The van der Waals surface area contributed by atoms with Gasteiger partial charge >= 0.3 is 6.03 Å². The summed E-state index contributed by atoms with van der Waals surface area (Å²) in [6.45, 7) is 0.162. The van der Waals surface area contributed by atoms with Crippen molar-refractivity contribution in [3.63, 3.8) is 0 Å². The van der Waals surface area contributed by atoms with Crippen molar-refractivity contribution in [2.24, 2.45) is 0 Å². The number of hydrazine groups is 1. The van der Waals surface area contributed by atoms with Crippen LogP contribution in [0.2, 0.25) is 0 Å². The smallest absolute Gasteiger partial charge is 0.337 e. The summed E-state index contributed by atoms with van der Waals surface area (Å²) in [4.78, 5) is 24.2. The fourth-order valence-electron chi connectivity index (χ4n) is 2.47. The number of carbonyl (C=O) groups excluding carboxylic acids is 2. The summed E-state index contributed by atoms with van der Waals surface area (Å²) < 4.78 is 11.5. The lowest BCUT2D eigenvalue weighted by Gasteiger charge is -2.09. The van der Waals surface area contributed by atoms with Gasteiger partial charge in [-0.25, -0.2) is 10.2 Å². The number of thiophene rings is 1. The van der Waals surface area contributed by atoms with Crippen LogP contribution in [0.4, 0.5) is 10.5 Å². The van der Waals surface area contributed by atoms with Crippen LogP contribution in [0.5, 0.6) is 11.5 Å². The molecule has 2 aromatic carbocycles. The molecule has 4 rings (SSSR count). The molecule has 0 saturated carbocycles. The first-order valence-electron chi connectivity index (χ1n) is 7.44. The fraction of sp³-hybridized carbons (Fsp3) is 0.0588. The van der Waals surface area contributed by atoms with E-state index in [1.165, 1.54) is 11.3 Å². The fourth-order valence-corrected chi connectivity index (χ4v) is 3.41. The van der Waals surface area contributed by atoms with Crippen LogP contribution in [0.1, 0.15) is 10.4 Å². The Labute approximate surface area is 146 Å². The minimum atomic E-state index is -0.563. The lowest BCUT2D eigenvalue weighted by molar-refractivity contribution is 0.0940. The average molecular weight is 355 g/mol. The minimum Gasteiger partial charge on any atom is -0.454 e. The molecule has 0 atom stereocenters. The quantitative estimate of drug-likeness (QED) is 0.616. The van der Waals surface area contributed by atoms with Crippen molar-refractivity contribution < 1.29 is 19.1 Å². The van der Waals surface area contributed by atoms with Crippen molar-refractivity contribution >= 4 is 39.0 Å². The highest BCUT2D eigenvalue weighted by atomic mass is 32.1. The van der Waals surface area contributed by atoms with Gasteiger partial charge in [0.15, 0.2) is 11.5 Å². The van der Waals surface area contributed by atoms with Gasteiger partial charge in [0.2, 0.25) is 6.79 Å². The molecule has 1 aliphatic heterocycles. The number of benzene rings is 2. The Hall–Kier alpha value is -3.26. The van der Waals surface area contributed by atoms with E-state index in [9.17, 15) is 9.59 Å². The molecule has 0 fully saturated rings. The number of ether oxygens (including phenoxy) is 2. The zero-order valence-corrected chi connectivity index (χ0v) is 13.7. The van der Waals surface area contributed by atoms with Gasteiger partial charge in [-0.15, -0.1) is 11.3 Å². The van der Waals surface area contributed by atoms with Gasteiger partial charge in [-0.05, 0) is 18.2 Å². The molecule has 7 nitrogen and oxygen atoms in total. The molecular formula is C17H13N3O4S. The predicted octanol–water partition coefficient (Wildman–Crippen LogP) is 3.10. The number of hydrogen-bond acceptors (Lipinski definition) is 5. The second kappa shape index (κ2) is 6.33. The van der Waals surface area contributed by atoms with Crippen molar-refractivity contribution in [1.29, 1.82) is 0 Å². The van der Waals surface area contributed by atoms with Crippen LogP contribution in [0.3, 0.4) is 0 Å². The molecule has 1 aromatic heterocycles. The third kappa shape index (κ3) is 3.07. The molecule has 0 spiro atoms. The summed E-state index contributed by atoms with van der Waals surface area (Å²) in [5.41, 5.74) is 5.78. The van der Waals surface area contributed by atoms with Crippen LogP contribution in [-0.4, -0.2) is 18.7 Å². The van der Waals surface area contributed by atoms with Crippen LogP contribution in [0, 0.1) is 0 Å². The molecule has 25 heavy (non-hydrogen) atoms. The zero-order chi connectivity index (χ0) is 17.2. The van der Waals surface area contributed by atoms with Crippen LogP contribution >= 0.6 is 11.3 Å². The summed E-state index contributed by atoms with van der Waals surface area (Å²) in [5.74, 6) is 0.813. The molecule has 0 bridgehead atoms. The number of anilines is 1. The number of fused-ring (bicyclic) bond motifs is 2. The summed E-state index contributed by atoms with van der Waals surface area (Å²) >= 11 is 1.48. The normalized spacial score (nSPS) is 12.0. The molecule has 3 N–H and O–H groups in total. The van der Waals surface area contributed by atoms with E-state index in [2.05, 4.69) is 16.2 Å². The van der Waals surface area contributed by atoms with Crippen LogP contribution in [-0.2, 0) is 0 Å². The van der Waals surface area contributed by atoms with E-state index in [1.54, 1.807) is 23.6 Å². The van der Waals surface area contributed by atoms with Gasteiger partial charge < -0.3 is 14.8 Å². The van der Waals surface area contributed by atoms with Gasteiger partial charge in [0.1, 0.15) is 0 Å². The molecule has 1 aliphatic rings. The van der Waals surface area contributed by atoms with Gasteiger partial charge in [-0.3, -0.25) is 10.2 Å². The zero-order valence-electron chi connectivity index (χ0n) is 12.9. The van der Waals surface area contributed by atoms with Crippen molar-refractivity contribution in [3.05, 3.63) is 53.4 Å². The molecule has 126 valence electrons. The van der Waals surface area contributed by atoms with Crippen molar-refractivity contribution in [2.45, 2.75) is 0 Å². The molecule has 0 radical (unpaired) electrons. The standard InChI is InChI=1S/C17H13N3O4S/c21-16(12-8-25-15-4-2-1-3-11(12)15)19-20-17(22)18-10-5-6-13-14(7-10)24-9-23-13/h1-8H,9H2,(H,19,21)(H2,18,20,22). The SMILES string of the molecule is O=C(NNC(=O)c1csc2ccccc12)Nc1ccc2c(c1)OCO2. The molecule has 2 heterocycles. The van der Waals surface area contributed by atoms with Crippen molar-refractivity contribution in [2.75, 3.05) is 12.1 Å². The van der Waals surface area contributed by atoms with Gasteiger partial charge in [0.05, 0.1) is 5.56 Å². The molecular weight excluding hydrogens is 342 g/mol. The van der Waals surface area contributed by atoms with Crippen molar-refractivity contribution in [3.8, 4) is 11.5 Å². The van der Waals surface area contributed by atoms with Gasteiger partial charge in [-0.1, -0.05) is 18.2 Å². The van der Waals surface area contributed by atoms with Crippen molar-refractivity contribution in [1.82, 2.24) is 10.9 Å². The summed E-state index contributed by atoms with van der Waals surface area (Å²) in [7, 11) is 0. The Morgan fingerprint density at radius 2 is 1.84 bits per heavy atom. The lowest BCUT2D eigenvalue weighted by atomic mass is 10.2. The molecule has 3 amide bonds. The maximum Gasteiger partial charge on any atom is 0.337 e. The highest BCUT2D eigenvalue weighted by Crippen LogP contribution is 2.34. The second-order valence-corrected chi connectivity index (χ2v) is 6.16.